The van der Waals surface area contributed by atoms with Crippen molar-refractivity contribution in [2.24, 2.45) is 5.84 Å². The van der Waals surface area contributed by atoms with E-state index in [1.54, 1.807) is 7.11 Å². The number of methoxy groups -OCH3 is 1. The number of benzene rings is 1. The van der Waals surface area contributed by atoms with Gasteiger partial charge in [0.05, 0.1) is 12.1 Å². The van der Waals surface area contributed by atoms with Crippen LogP contribution >= 0.6 is 0 Å². The van der Waals surface area contributed by atoms with Crippen LogP contribution in [0.3, 0.4) is 0 Å². The minimum Gasteiger partial charge on any atom is -0.383 e. The van der Waals surface area contributed by atoms with E-state index in [2.05, 4.69) is 27.2 Å². The van der Waals surface area contributed by atoms with Crippen LogP contribution in [-0.2, 0) is 4.74 Å². The zero-order valence-electron chi connectivity index (χ0n) is 11.3. The zero-order valence-corrected chi connectivity index (χ0v) is 11.3. The first kappa shape index (κ1) is 13.5. The normalized spacial score (nSPS) is 10.7. The molecule has 0 aliphatic rings. The number of hydrazine groups is 1. The van der Waals surface area contributed by atoms with Crippen LogP contribution in [0.1, 0.15) is 6.92 Å². The van der Waals surface area contributed by atoms with Gasteiger partial charge in [0.15, 0.2) is 0 Å². The molecule has 1 aromatic carbocycles. The van der Waals surface area contributed by atoms with Gasteiger partial charge in [0.25, 0.3) is 0 Å². The second kappa shape index (κ2) is 6.31. The number of ether oxygens (including phenoxy) is 1. The largest absolute Gasteiger partial charge is 0.383 e. The number of hydrogen-bond donors (Lipinski definition) is 2. The quantitative estimate of drug-likeness (QED) is 0.604. The first-order valence-corrected chi connectivity index (χ1v) is 6.27. The lowest BCUT2D eigenvalue weighted by molar-refractivity contribution is 0.205. The molecule has 102 valence electrons. The molecule has 0 saturated heterocycles. The van der Waals surface area contributed by atoms with Gasteiger partial charge in [-0.1, -0.05) is 12.1 Å². The van der Waals surface area contributed by atoms with Crippen molar-refractivity contribution in [3.8, 4) is 0 Å². The third-order valence-electron chi connectivity index (χ3n) is 2.96. The van der Waals surface area contributed by atoms with Gasteiger partial charge in [-0.2, -0.15) is 4.98 Å². The summed E-state index contributed by atoms with van der Waals surface area (Å²) in [6.45, 7) is 4.35. The van der Waals surface area contributed by atoms with Crippen molar-refractivity contribution in [3.05, 3.63) is 24.3 Å². The molecule has 3 N–H and O–H groups in total. The fraction of sp³-hybridized carbons (Fsp3) is 0.385. The summed E-state index contributed by atoms with van der Waals surface area (Å²) in [5, 5.41) is 1.01. The summed E-state index contributed by atoms with van der Waals surface area (Å²) in [5.74, 6) is 6.73. The Bertz CT molecular complexity index is 546. The summed E-state index contributed by atoms with van der Waals surface area (Å²) in [5.41, 5.74) is 3.39. The molecule has 0 unspecified atom stereocenters. The van der Waals surface area contributed by atoms with Crippen LogP contribution in [0.5, 0.6) is 0 Å². The highest BCUT2D eigenvalue weighted by Crippen LogP contribution is 2.24. The van der Waals surface area contributed by atoms with Gasteiger partial charge in [-0.15, -0.1) is 0 Å². The molecule has 0 atom stereocenters. The minimum atomic E-state index is 0.421. The number of nitrogens with one attached hydrogen (secondary N) is 1. The van der Waals surface area contributed by atoms with Crippen molar-refractivity contribution in [2.45, 2.75) is 6.92 Å². The second-order valence-electron chi connectivity index (χ2n) is 4.10. The molecule has 0 aliphatic heterocycles. The molecule has 0 fully saturated rings. The standard InChI is InChI=1S/C13H19N5O/c1-3-18(8-9-19-2)12-10-6-4-5-7-11(10)15-13(16-12)17-14/h4-7H,3,8-9,14H2,1-2H3,(H,15,16,17). The topological polar surface area (TPSA) is 76.3 Å². The molecule has 1 heterocycles. The predicted octanol–water partition coefficient (Wildman–Crippen LogP) is 1.39. The highest BCUT2D eigenvalue weighted by atomic mass is 16.5. The van der Waals surface area contributed by atoms with Crippen molar-refractivity contribution in [1.29, 1.82) is 0 Å². The van der Waals surface area contributed by atoms with E-state index in [0.717, 1.165) is 29.8 Å². The third kappa shape index (κ3) is 2.91. The van der Waals surface area contributed by atoms with E-state index >= 15 is 0 Å². The molecule has 19 heavy (non-hydrogen) atoms. The summed E-state index contributed by atoms with van der Waals surface area (Å²) in [6, 6.07) is 7.89. The molecule has 6 heteroatoms. The van der Waals surface area contributed by atoms with Gasteiger partial charge in [0, 0.05) is 25.6 Å². The van der Waals surface area contributed by atoms with Crippen LogP contribution in [0.2, 0.25) is 0 Å². The van der Waals surface area contributed by atoms with Gasteiger partial charge < -0.3 is 9.64 Å². The van der Waals surface area contributed by atoms with Gasteiger partial charge in [0.2, 0.25) is 5.95 Å². The van der Waals surface area contributed by atoms with Crippen molar-refractivity contribution in [2.75, 3.05) is 37.1 Å². The van der Waals surface area contributed by atoms with E-state index in [1.807, 2.05) is 24.3 Å². The number of nitrogens with zero attached hydrogens (tertiary/aromatic N) is 3. The molecule has 0 bridgehead atoms. The smallest absolute Gasteiger partial charge is 0.239 e. The number of rotatable bonds is 6. The summed E-state index contributed by atoms with van der Waals surface area (Å²) in [7, 11) is 1.69. The number of fused-ring (bicyclic) bond motifs is 1. The Morgan fingerprint density at radius 3 is 2.79 bits per heavy atom. The predicted molar refractivity (Wildman–Crippen MR) is 77.1 cm³/mol. The van der Waals surface area contributed by atoms with Gasteiger partial charge in [-0.25, -0.2) is 10.8 Å². The van der Waals surface area contributed by atoms with Crippen LogP contribution in [-0.4, -0.2) is 36.8 Å². The van der Waals surface area contributed by atoms with Crippen LogP contribution in [0.25, 0.3) is 10.9 Å². The van der Waals surface area contributed by atoms with E-state index in [-0.39, 0.29) is 0 Å². The number of nitrogen functional groups attached to an aromatic ring is 1. The lowest BCUT2D eigenvalue weighted by Crippen LogP contribution is -2.28. The number of anilines is 2. The Morgan fingerprint density at radius 1 is 1.32 bits per heavy atom. The average molecular weight is 261 g/mol. The summed E-state index contributed by atoms with van der Waals surface area (Å²) in [4.78, 5) is 11.0. The van der Waals surface area contributed by atoms with Crippen LogP contribution in [0, 0.1) is 0 Å². The Kier molecular flexibility index (Phi) is 4.48. The third-order valence-corrected chi connectivity index (χ3v) is 2.96. The van der Waals surface area contributed by atoms with E-state index in [4.69, 9.17) is 10.6 Å². The average Bonchev–Trinajstić information content (AvgIpc) is 2.47. The Balaban J connectivity index is 2.49. The number of hydrogen-bond acceptors (Lipinski definition) is 6. The van der Waals surface area contributed by atoms with E-state index in [9.17, 15) is 0 Å². The van der Waals surface area contributed by atoms with Crippen molar-refractivity contribution in [3.63, 3.8) is 0 Å². The van der Waals surface area contributed by atoms with E-state index in [1.165, 1.54) is 0 Å². The lowest BCUT2D eigenvalue weighted by atomic mass is 10.2. The fourth-order valence-electron chi connectivity index (χ4n) is 1.98. The molecule has 1 aromatic heterocycles. The van der Waals surface area contributed by atoms with Gasteiger partial charge in [0.1, 0.15) is 5.82 Å². The first-order valence-electron chi connectivity index (χ1n) is 6.27. The highest BCUT2D eigenvalue weighted by molar-refractivity contribution is 5.90. The maximum absolute atomic E-state index is 5.43. The molecule has 0 radical (unpaired) electrons. The molecular formula is C13H19N5O. The van der Waals surface area contributed by atoms with Crippen LogP contribution in [0.4, 0.5) is 11.8 Å². The number of likely N-dealkylation sites (N-methyl/N-ethyl adjacent to an activating group) is 1. The maximum atomic E-state index is 5.43. The molecule has 2 rings (SSSR count). The molecular weight excluding hydrogens is 242 g/mol. The van der Waals surface area contributed by atoms with Gasteiger partial charge in [-0.05, 0) is 19.1 Å². The fourth-order valence-corrected chi connectivity index (χ4v) is 1.98. The number of para-hydroxylation sites is 1. The SMILES string of the molecule is CCN(CCOC)c1nc(NN)nc2ccccc12. The minimum absolute atomic E-state index is 0.421. The molecule has 2 aromatic rings. The van der Waals surface area contributed by atoms with E-state index < -0.39 is 0 Å². The second-order valence-corrected chi connectivity index (χ2v) is 4.10. The Hall–Kier alpha value is -1.92. The molecule has 0 spiro atoms. The zero-order chi connectivity index (χ0) is 13.7. The summed E-state index contributed by atoms with van der Waals surface area (Å²) >= 11 is 0. The first-order chi connectivity index (χ1) is 9.30. The highest BCUT2D eigenvalue weighted by Gasteiger charge is 2.12. The van der Waals surface area contributed by atoms with Gasteiger partial charge in [-0.3, -0.25) is 5.43 Å². The van der Waals surface area contributed by atoms with Crippen LogP contribution in [0.15, 0.2) is 24.3 Å². The summed E-state index contributed by atoms with van der Waals surface area (Å²) in [6.07, 6.45) is 0. The Morgan fingerprint density at radius 2 is 2.11 bits per heavy atom. The molecule has 6 nitrogen and oxygen atoms in total. The van der Waals surface area contributed by atoms with Crippen molar-refractivity contribution in [1.82, 2.24) is 9.97 Å². The maximum Gasteiger partial charge on any atom is 0.239 e. The summed E-state index contributed by atoms with van der Waals surface area (Å²) < 4.78 is 5.14. The Labute approximate surface area is 112 Å². The monoisotopic (exact) mass is 261 g/mol. The van der Waals surface area contributed by atoms with E-state index in [0.29, 0.717) is 12.6 Å². The van der Waals surface area contributed by atoms with Gasteiger partial charge >= 0.3 is 0 Å². The molecule has 0 amide bonds. The molecule has 0 saturated carbocycles. The number of nitrogens with two attached hydrogens (primary N) is 1. The number of aromatic nitrogens is 2. The molecule has 0 aliphatic carbocycles. The lowest BCUT2D eigenvalue weighted by Gasteiger charge is -2.23. The van der Waals surface area contributed by atoms with Crippen molar-refractivity contribution >= 4 is 22.7 Å². The van der Waals surface area contributed by atoms with Crippen molar-refractivity contribution < 1.29 is 4.74 Å². The van der Waals surface area contributed by atoms with Crippen LogP contribution < -0.4 is 16.2 Å².